The van der Waals surface area contributed by atoms with Crippen LogP contribution < -0.4 is 10.6 Å². The number of hydrogen-bond acceptors (Lipinski definition) is 3. The summed E-state index contributed by atoms with van der Waals surface area (Å²) in [5, 5.41) is 6.03. The van der Waals surface area contributed by atoms with Gasteiger partial charge in [-0.1, -0.05) is 42.5 Å². The Bertz CT molecular complexity index is 845. The molecule has 0 unspecified atom stereocenters. The lowest BCUT2D eigenvalue weighted by Crippen LogP contribution is -2.45. The number of urea groups is 1. The Morgan fingerprint density at radius 3 is 2.27 bits per heavy atom. The molecule has 0 aromatic heterocycles. The van der Waals surface area contributed by atoms with E-state index >= 15 is 0 Å². The third kappa shape index (κ3) is 5.60. The monoisotopic (exact) mass is 406 g/mol. The second-order valence-electron chi connectivity index (χ2n) is 8.25. The number of rotatable bonds is 6. The van der Waals surface area contributed by atoms with Crippen LogP contribution in [0.1, 0.15) is 36.8 Å². The zero-order valence-corrected chi connectivity index (χ0v) is 17.3. The molecule has 2 aromatic carbocycles. The lowest BCUT2D eigenvalue weighted by Gasteiger charge is -2.32. The average Bonchev–Trinajstić information content (AvgIpc) is 3.16. The standard InChI is InChI=1S/C24H30N4O2/c29-23-7-4-14-28(23)18-20-8-10-21(11-9-20)25-24(30)26-22-12-15-27(16-13-22)17-19-5-2-1-3-6-19/h1-3,5-6,8-11,22H,4,7,12-18H2,(H2,25,26,30). The summed E-state index contributed by atoms with van der Waals surface area (Å²) >= 11 is 0. The molecule has 0 atom stereocenters. The third-order valence-electron chi connectivity index (χ3n) is 5.93. The van der Waals surface area contributed by atoms with Crippen molar-refractivity contribution in [3.8, 4) is 0 Å². The lowest BCUT2D eigenvalue weighted by molar-refractivity contribution is -0.128. The van der Waals surface area contributed by atoms with E-state index in [1.54, 1.807) is 0 Å². The first-order valence-electron chi connectivity index (χ1n) is 10.9. The van der Waals surface area contributed by atoms with E-state index in [-0.39, 0.29) is 18.0 Å². The number of piperidine rings is 1. The van der Waals surface area contributed by atoms with Gasteiger partial charge in [0.2, 0.25) is 5.91 Å². The van der Waals surface area contributed by atoms with E-state index in [1.165, 1.54) is 5.56 Å². The van der Waals surface area contributed by atoms with E-state index in [1.807, 2.05) is 35.2 Å². The SMILES string of the molecule is O=C(Nc1ccc(CN2CCCC2=O)cc1)NC1CCN(Cc2ccccc2)CC1. The minimum absolute atomic E-state index is 0.154. The van der Waals surface area contributed by atoms with Crippen molar-refractivity contribution in [1.29, 1.82) is 0 Å². The van der Waals surface area contributed by atoms with Gasteiger partial charge in [0.25, 0.3) is 0 Å². The molecule has 6 nitrogen and oxygen atoms in total. The second-order valence-corrected chi connectivity index (χ2v) is 8.25. The maximum absolute atomic E-state index is 12.4. The highest BCUT2D eigenvalue weighted by atomic mass is 16.2. The van der Waals surface area contributed by atoms with Crippen LogP contribution in [0.5, 0.6) is 0 Å². The smallest absolute Gasteiger partial charge is 0.319 e. The molecule has 2 saturated heterocycles. The van der Waals surface area contributed by atoms with Crippen LogP contribution >= 0.6 is 0 Å². The van der Waals surface area contributed by atoms with Gasteiger partial charge in [0.15, 0.2) is 0 Å². The number of hydrogen-bond donors (Lipinski definition) is 2. The largest absolute Gasteiger partial charge is 0.338 e. The first-order chi connectivity index (χ1) is 14.7. The van der Waals surface area contributed by atoms with Crippen molar-refractivity contribution in [3.05, 3.63) is 65.7 Å². The van der Waals surface area contributed by atoms with E-state index in [2.05, 4.69) is 39.8 Å². The number of anilines is 1. The predicted octanol–water partition coefficient (Wildman–Crippen LogP) is 3.60. The van der Waals surface area contributed by atoms with Gasteiger partial charge in [0.1, 0.15) is 0 Å². The number of nitrogens with zero attached hydrogens (tertiary/aromatic N) is 2. The number of nitrogens with one attached hydrogen (secondary N) is 2. The van der Waals surface area contributed by atoms with E-state index in [4.69, 9.17) is 0 Å². The van der Waals surface area contributed by atoms with Gasteiger partial charge in [0, 0.05) is 50.9 Å². The number of amides is 3. The average molecular weight is 407 g/mol. The molecule has 2 aromatic rings. The molecule has 6 heteroatoms. The van der Waals surface area contributed by atoms with Gasteiger partial charge in [-0.3, -0.25) is 9.69 Å². The zero-order chi connectivity index (χ0) is 20.8. The molecule has 4 rings (SSSR count). The second kappa shape index (κ2) is 9.76. The van der Waals surface area contributed by atoms with Crippen molar-refractivity contribution < 1.29 is 9.59 Å². The Kier molecular flexibility index (Phi) is 6.64. The minimum Gasteiger partial charge on any atom is -0.338 e. The highest BCUT2D eigenvalue weighted by Gasteiger charge is 2.21. The Morgan fingerprint density at radius 1 is 0.900 bits per heavy atom. The molecular formula is C24H30N4O2. The van der Waals surface area contributed by atoms with E-state index < -0.39 is 0 Å². The fraction of sp³-hybridized carbons (Fsp3) is 0.417. The van der Waals surface area contributed by atoms with Crippen LogP contribution in [0.15, 0.2) is 54.6 Å². The van der Waals surface area contributed by atoms with Gasteiger partial charge < -0.3 is 15.5 Å². The topological polar surface area (TPSA) is 64.7 Å². The Balaban J connectivity index is 1.19. The lowest BCUT2D eigenvalue weighted by atomic mass is 10.0. The van der Waals surface area contributed by atoms with Crippen LogP contribution in [0.3, 0.4) is 0 Å². The molecule has 158 valence electrons. The highest BCUT2D eigenvalue weighted by Crippen LogP contribution is 2.17. The predicted molar refractivity (Wildman–Crippen MR) is 118 cm³/mol. The van der Waals surface area contributed by atoms with Crippen LogP contribution in [0.2, 0.25) is 0 Å². The Labute approximate surface area is 178 Å². The van der Waals surface area contributed by atoms with Crippen LogP contribution in [-0.4, -0.2) is 47.4 Å². The Hall–Kier alpha value is -2.86. The maximum atomic E-state index is 12.4. The molecule has 3 amide bonds. The summed E-state index contributed by atoms with van der Waals surface area (Å²) in [4.78, 5) is 28.4. The van der Waals surface area contributed by atoms with Crippen LogP contribution in [-0.2, 0) is 17.9 Å². The van der Waals surface area contributed by atoms with E-state index in [0.29, 0.717) is 13.0 Å². The van der Waals surface area contributed by atoms with Gasteiger partial charge in [-0.05, 0) is 42.5 Å². The molecule has 0 saturated carbocycles. The van der Waals surface area contributed by atoms with Gasteiger partial charge in [-0.2, -0.15) is 0 Å². The molecule has 0 aliphatic carbocycles. The molecule has 0 radical (unpaired) electrons. The van der Waals surface area contributed by atoms with Crippen LogP contribution in [0.25, 0.3) is 0 Å². The van der Waals surface area contributed by atoms with Crippen molar-refractivity contribution >= 4 is 17.6 Å². The van der Waals surface area contributed by atoms with Gasteiger partial charge in [-0.15, -0.1) is 0 Å². The highest BCUT2D eigenvalue weighted by molar-refractivity contribution is 5.89. The fourth-order valence-corrected chi connectivity index (χ4v) is 4.21. The van der Waals surface area contributed by atoms with Gasteiger partial charge in [-0.25, -0.2) is 4.79 Å². The van der Waals surface area contributed by atoms with Crippen molar-refractivity contribution in [1.82, 2.24) is 15.1 Å². The molecule has 0 bridgehead atoms. The number of benzene rings is 2. The fourth-order valence-electron chi connectivity index (χ4n) is 4.21. The zero-order valence-electron chi connectivity index (χ0n) is 17.3. The summed E-state index contributed by atoms with van der Waals surface area (Å²) in [5.74, 6) is 0.228. The maximum Gasteiger partial charge on any atom is 0.319 e. The van der Waals surface area contributed by atoms with Crippen LogP contribution in [0.4, 0.5) is 10.5 Å². The number of likely N-dealkylation sites (tertiary alicyclic amines) is 2. The summed E-state index contributed by atoms with van der Waals surface area (Å²) in [6, 6.07) is 18.3. The first-order valence-corrected chi connectivity index (χ1v) is 10.9. The van der Waals surface area contributed by atoms with Crippen molar-refractivity contribution in [2.45, 2.75) is 44.8 Å². The quantitative estimate of drug-likeness (QED) is 0.771. The molecule has 2 heterocycles. The minimum atomic E-state index is -0.154. The molecule has 2 N–H and O–H groups in total. The summed E-state index contributed by atoms with van der Waals surface area (Å²) in [5.41, 5.74) is 3.19. The number of carbonyl (C=O) groups is 2. The van der Waals surface area contributed by atoms with Crippen LogP contribution in [0, 0.1) is 0 Å². The summed E-state index contributed by atoms with van der Waals surface area (Å²) < 4.78 is 0. The summed E-state index contributed by atoms with van der Waals surface area (Å²) in [7, 11) is 0. The molecule has 0 spiro atoms. The molecule has 2 aliphatic rings. The van der Waals surface area contributed by atoms with E-state index in [0.717, 1.165) is 56.7 Å². The van der Waals surface area contributed by atoms with Crippen molar-refractivity contribution in [2.75, 3.05) is 25.0 Å². The normalized spacial score (nSPS) is 17.9. The molecule has 2 aliphatic heterocycles. The van der Waals surface area contributed by atoms with Crippen molar-refractivity contribution in [3.63, 3.8) is 0 Å². The molecule has 2 fully saturated rings. The third-order valence-corrected chi connectivity index (χ3v) is 5.93. The molecule has 30 heavy (non-hydrogen) atoms. The van der Waals surface area contributed by atoms with Gasteiger partial charge in [0.05, 0.1) is 0 Å². The Morgan fingerprint density at radius 2 is 1.60 bits per heavy atom. The van der Waals surface area contributed by atoms with E-state index in [9.17, 15) is 9.59 Å². The number of carbonyl (C=O) groups excluding carboxylic acids is 2. The van der Waals surface area contributed by atoms with Crippen molar-refractivity contribution in [2.24, 2.45) is 0 Å². The summed E-state index contributed by atoms with van der Waals surface area (Å²) in [6.45, 7) is 4.43. The summed E-state index contributed by atoms with van der Waals surface area (Å²) in [6.07, 6.45) is 3.53. The first kappa shape index (κ1) is 20.4. The van der Waals surface area contributed by atoms with Gasteiger partial charge >= 0.3 is 6.03 Å². The molecular weight excluding hydrogens is 376 g/mol.